The first kappa shape index (κ1) is 6.58. The maximum absolute atomic E-state index is 9.84. The molecule has 0 aromatic rings. The van der Waals surface area contributed by atoms with Crippen LogP contribution in [0.4, 0.5) is 0 Å². The normalized spacial score (nSPS) is 53.4. The van der Waals surface area contributed by atoms with E-state index in [0.717, 1.165) is 0 Å². The van der Waals surface area contributed by atoms with E-state index in [9.17, 15) is 5.11 Å². The molecule has 10 heavy (non-hydrogen) atoms. The predicted octanol–water partition coefficient (Wildman–Crippen LogP) is 0.274. The minimum Gasteiger partial charge on any atom is -0.384 e. The molecule has 3 nitrogen and oxygen atoms in total. The Morgan fingerprint density at radius 2 is 1.70 bits per heavy atom. The molecule has 2 saturated heterocycles. The molecule has 2 fully saturated rings. The van der Waals surface area contributed by atoms with Crippen LogP contribution in [0.15, 0.2) is 0 Å². The van der Waals surface area contributed by atoms with Gasteiger partial charge in [0, 0.05) is 12.8 Å². The molecule has 0 bridgehead atoms. The minimum absolute atomic E-state index is 0.618. The van der Waals surface area contributed by atoms with E-state index < -0.39 is 11.4 Å². The lowest BCUT2D eigenvalue weighted by Gasteiger charge is -2.28. The highest BCUT2D eigenvalue weighted by Crippen LogP contribution is 2.43. The Bertz CT molecular complexity index is 129. The molecular weight excluding hydrogens is 132 g/mol. The lowest BCUT2D eigenvalue weighted by Crippen LogP contribution is -2.44. The number of aliphatic hydroxyl groups is 1. The highest BCUT2D eigenvalue weighted by Gasteiger charge is 2.57. The Balaban J connectivity index is 2.30. The molecule has 0 spiro atoms. The van der Waals surface area contributed by atoms with Crippen molar-refractivity contribution in [3.8, 4) is 0 Å². The quantitative estimate of drug-likeness (QED) is 0.530. The second-order valence-corrected chi connectivity index (χ2v) is 3.17. The lowest BCUT2D eigenvalue weighted by atomic mass is 9.93. The molecular formula is C7H12O3. The van der Waals surface area contributed by atoms with Crippen LogP contribution in [-0.2, 0) is 9.47 Å². The number of ether oxygens (including phenoxy) is 2. The summed E-state index contributed by atoms with van der Waals surface area (Å²) < 4.78 is 10.6. The molecule has 0 unspecified atom stereocenters. The molecule has 3 heteroatoms. The number of hydrogen-bond donors (Lipinski definition) is 1. The molecule has 2 rings (SSSR count). The Morgan fingerprint density at radius 3 is 2.10 bits per heavy atom. The summed E-state index contributed by atoms with van der Waals surface area (Å²) >= 11 is 0. The van der Waals surface area contributed by atoms with Crippen molar-refractivity contribution >= 4 is 0 Å². The van der Waals surface area contributed by atoms with Crippen molar-refractivity contribution in [3.63, 3.8) is 0 Å². The van der Waals surface area contributed by atoms with E-state index in [1.807, 2.05) is 6.92 Å². The summed E-state index contributed by atoms with van der Waals surface area (Å²) in [7, 11) is 0. The topological polar surface area (TPSA) is 38.7 Å². The zero-order chi connectivity index (χ0) is 7.24. The highest BCUT2D eigenvalue weighted by molar-refractivity contribution is 5.00. The van der Waals surface area contributed by atoms with E-state index in [1.165, 1.54) is 0 Å². The van der Waals surface area contributed by atoms with Gasteiger partial charge in [-0.25, -0.2) is 0 Å². The van der Waals surface area contributed by atoms with Crippen LogP contribution in [0, 0.1) is 0 Å². The zero-order valence-electron chi connectivity index (χ0n) is 6.09. The van der Waals surface area contributed by atoms with Crippen molar-refractivity contribution in [2.45, 2.75) is 31.2 Å². The molecule has 0 aliphatic carbocycles. The van der Waals surface area contributed by atoms with Crippen LogP contribution >= 0.6 is 0 Å². The predicted molar refractivity (Wildman–Crippen MR) is 34.5 cm³/mol. The van der Waals surface area contributed by atoms with Gasteiger partial charge in [-0.05, 0) is 6.92 Å². The van der Waals surface area contributed by atoms with Crippen molar-refractivity contribution in [2.75, 3.05) is 13.2 Å². The standard InChI is InChI=1S/C7H12O3/c1-6-7(8,2-4-9-6)3-5-10-6/h8H,2-5H2,1H3/t6-,7-. The molecule has 0 atom stereocenters. The maximum atomic E-state index is 9.84. The van der Waals surface area contributed by atoms with E-state index in [-0.39, 0.29) is 0 Å². The summed E-state index contributed by atoms with van der Waals surface area (Å²) in [5.41, 5.74) is -0.701. The van der Waals surface area contributed by atoms with E-state index in [2.05, 4.69) is 0 Å². The Morgan fingerprint density at radius 1 is 1.20 bits per heavy atom. The second kappa shape index (κ2) is 1.72. The van der Waals surface area contributed by atoms with Crippen LogP contribution in [0.3, 0.4) is 0 Å². The Labute approximate surface area is 59.9 Å². The van der Waals surface area contributed by atoms with Gasteiger partial charge in [0.15, 0.2) is 5.79 Å². The van der Waals surface area contributed by atoms with Crippen LogP contribution in [0.5, 0.6) is 0 Å². The van der Waals surface area contributed by atoms with Gasteiger partial charge in [0.25, 0.3) is 0 Å². The first-order valence-electron chi connectivity index (χ1n) is 3.67. The van der Waals surface area contributed by atoms with Gasteiger partial charge in [-0.1, -0.05) is 0 Å². The zero-order valence-corrected chi connectivity index (χ0v) is 6.09. The average Bonchev–Trinajstić information content (AvgIpc) is 2.20. The van der Waals surface area contributed by atoms with E-state index >= 15 is 0 Å². The second-order valence-electron chi connectivity index (χ2n) is 3.17. The summed E-state index contributed by atoms with van der Waals surface area (Å²) in [5, 5.41) is 9.84. The SMILES string of the molecule is C[C@]12OCC[C@@]1(O)CCO2. The molecule has 2 heterocycles. The van der Waals surface area contributed by atoms with E-state index in [0.29, 0.717) is 26.1 Å². The minimum atomic E-state index is -0.701. The molecule has 0 saturated carbocycles. The summed E-state index contributed by atoms with van der Waals surface area (Å²) in [5.74, 6) is -0.701. The fraction of sp³-hybridized carbons (Fsp3) is 1.00. The van der Waals surface area contributed by atoms with Gasteiger partial charge in [0.05, 0.1) is 13.2 Å². The summed E-state index contributed by atoms with van der Waals surface area (Å²) in [6.45, 7) is 3.05. The average molecular weight is 144 g/mol. The van der Waals surface area contributed by atoms with Crippen molar-refractivity contribution in [3.05, 3.63) is 0 Å². The number of fused-ring (bicyclic) bond motifs is 1. The maximum Gasteiger partial charge on any atom is 0.194 e. The monoisotopic (exact) mass is 144 g/mol. The number of rotatable bonds is 0. The van der Waals surface area contributed by atoms with Crippen LogP contribution in [0.25, 0.3) is 0 Å². The molecule has 2 aliphatic rings. The van der Waals surface area contributed by atoms with Gasteiger partial charge >= 0.3 is 0 Å². The van der Waals surface area contributed by atoms with Crippen LogP contribution < -0.4 is 0 Å². The van der Waals surface area contributed by atoms with Crippen LogP contribution in [-0.4, -0.2) is 29.7 Å². The molecule has 2 aliphatic heterocycles. The van der Waals surface area contributed by atoms with Crippen LogP contribution in [0.2, 0.25) is 0 Å². The van der Waals surface area contributed by atoms with Crippen molar-refractivity contribution in [1.82, 2.24) is 0 Å². The molecule has 0 radical (unpaired) electrons. The van der Waals surface area contributed by atoms with Gasteiger partial charge in [0.2, 0.25) is 0 Å². The fourth-order valence-electron chi connectivity index (χ4n) is 1.72. The Kier molecular flexibility index (Phi) is 1.14. The van der Waals surface area contributed by atoms with E-state index in [1.54, 1.807) is 0 Å². The summed E-state index contributed by atoms with van der Waals surface area (Å²) in [6, 6.07) is 0. The third-order valence-corrected chi connectivity index (χ3v) is 2.63. The summed E-state index contributed by atoms with van der Waals surface area (Å²) in [6.07, 6.45) is 1.42. The fourth-order valence-corrected chi connectivity index (χ4v) is 1.72. The van der Waals surface area contributed by atoms with Gasteiger partial charge in [-0.15, -0.1) is 0 Å². The molecule has 0 amide bonds. The lowest BCUT2D eigenvalue weighted by molar-refractivity contribution is -0.224. The number of hydrogen-bond acceptors (Lipinski definition) is 3. The molecule has 0 aromatic heterocycles. The molecule has 0 aromatic carbocycles. The smallest absolute Gasteiger partial charge is 0.194 e. The molecule has 58 valence electrons. The van der Waals surface area contributed by atoms with Gasteiger partial charge in [-0.3, -0.25) is 0 Å². The first-order valence-corrected chi connectivity index (χ1v) is 3.67. The summed E-state index contributed by atoms with van der Waals surface area (Å²) in [4.78, 5) is 0. The third kappa shape index (κ3) is 0.603. The van der Waals surface area contributed by atoms with Crippen LogP contribution in [0.1, 0.15) is 19.8 Å². The van der Waals surface area contributed by atoms with Crippen molar-refractivity contribution in [2.24, 2.45) is 0 Å². The highest BCUT2D eigenvalue weighted by atomic mass is 16.7. The van der Waals surface area contributed by atoms with E-state index in [4.69, 9.17) is 9.47 Å². The first-order chi connectivity index (χ1) is 4.66. The Hall–Kier alpha value is -0.120. The van der Waals surface area contributed by atoms with Gasteiger partial charge < -0.3 is 14.6 Å². The van der Waals surface area contributed by atoms with Gasteiger partial charge in [-0.2, -0.15) is 0 Å². The van der Waals surface area contributed by atoms with Crippen molar-refractivity contribution < 1.29 is 14.6 Å². The largest absolute Gasteiger partial charge is 0.384 e. The molecule has 1 N–H and O–H groups in total. The third-order valence-electron chi connectivity index (χ3n) is 2.63. The van der Waals surface area contributed by atoms with Gasteiger partial charge in [0.1, 0.15) is 5.60 Å². The van der Waals surface area contributed by atoms with Crippen molar-refractivity contribution in [1.29, 1.82) is 0 Å².